The Morgan fingerprint density at radius 1 is 0.889 bits per heavy atom. The molecule has 0 fully saturated rings. The number of nitrogens with zero attached hydrogens (tertiary/aromatic N) is 4. The zero-order valence-electron chi connectivity index (χ0n) is 14.6. The highest BCUT2D eigenvalue weighted by atomic mass is 16.5. The molecular weight excluding hydrogens is 340 g/mol. The number of aromatic hydroxyl groups is 1. The standard InChI is InChI=1S/C21H16N4O2/c1-27-15-8-6-14(7-9-15)17-12-23-21(18-10-11-22-13-24-18)25-20(17)16-4-2-3-5-19(16)26/h2-13,26H,1H3. The fraction of sp³-hybridized carbons (Fsp3) is 0.0476. The van der Waals surface area contributed by atoms with Crippen molar-refractivity contribution in [2.24, 2.45) is 0 Å². The van der Waals surface area contributed by atoms with E-state index in [1.807, 2.05) is 36.4 Å². The average Bonchev–Trinajstić information content (AvgIpc) is 2.74. The summed E-state index contributed by atoms with van der Waals surface area (Å²) in [7, 11) is 1.63. The van der Waals surface area contributed by atoms with Crippen LogP contribution in [0.25, 0.3) is 33.9 Å². The van der Waals surface area contributed by atoms with Crippen molar-refractivity contribution in [1.29, 1.82) is 0 Å². The molecule has 0 saturated carbocycles. The highest BCUT2D eigenvalue weighted by molar-refractivity contribution is 5.83. The zero-order chi connectivity index (χ0) is 18.6. The maximum Gasteiger partial charge on any atom is 0.178 e. The Morgan fingerprint density at radius 3 is 2.41 bits per heavy atom. The van der Waals surface area contributed by atoms with Gasteiger partial charge in [0.25, 0.3) is 0 Å². The van der Waals surface area contributed by atoms with Crippen LogP contribution in [0, 0.1) is 0 Å². The Labute approximate surface area is 156 Å². The first kappa shape index (κ1) is 16.7. The molecular formula is C21H16N4O2. The van der Waals surface area contributed by atoms with Crippen LogP contribution in [0.2, 0.25) is 0 Å². The van der Waals surface area contributed by atoms with E-state index in [-0.39, 0.29) is 5.75 Å². The Kier molecular flexibility index (Phi) is 4.45. The van der Waals surface area contributed by atoms with Crippen molar-refractivity contribution >= 4 is 0 Å². The number of methoxy groups -OCH3 is 1. The van der Waals surface area contributed by atoms with Gasteiger partial charge in [-0.05, 0) is 35.9 Å². The minimum absolute atomic E-state index is 0.152. The Morgan fingerprint density at radius 2 is 1.70 bits per heavy atom. The molecule has 27 heavy (non-hydrogen) atoms. The van der Waals surface area contributed by atoms with Crippen LogP contribution >= 0.6 is 0 Å². The molecule has 4 aromatic rings. The van der Waals surface area contributed by atoms with E-state index < -0.39 is 0 Å². The second-order valence-corrected chi connectivity index (χ2v) is 5.80. The summed E-state index contributed by atoms with van der Waals surface area (Å²) >= 11 is 0. The maximum atomic E-state index is 10.4. The zero-order valence-corrected chi connectivity index (χ0v) is 14.6. The number of para-hydroxylation sites is 1. The van der Waals surface area contributed by atoms with E-state index in [9.17, 15) is 5.11 Å². The van der Waals surface area contributed by atoms with Crippen molar-refractivity contribution in [1.82, 2.24) is 19.9 Å². The summed E-state index contributed by atoms with van der Waals surface area (Å²) < 4.78 is 5.23. The number of hydrogen-bond acceptors (Lipinski definition) is 6. The summed E-state index contributed by atoms with van der Waals surface area (Å²) in [6.45, 7) is 0. The number of ether oxygens (including phenoxy) is 1. The van der Waals surface area contributed by atoms with Gasteiger partial charge in [-0.3, -0.25) is 0 Å². The molecule has 2 aromatic carbocycles. The highest BCUT2D eigenvalue weighted by Crippen LogP contribution is 2.36. The van der Waals surface area contributed by atoms with Gasteiger partial charge in [0.15, 0.2) is 5.82 Å². The molecule has 0 unspecified atom stereocenters. The van der Waals surface area contributed by atoms with Crippen LogP contribution in [0.3, 0.4) is 0 Å². The van der Waals surface area contributed by atoms with E-state index in [1.54, 1.807) is 37.7 Å². The molecule has 0 saturated heterocycles. The molecule has 132 valence electrons. The normalized spacial score (nSPS) is 10.6. The van der Waals surface area contributed by atoms with Crippen molar-refractivity contribution in [3.63, 3.8) is 0 Å². The number of rotatable bonds is 4. The van der Waals surface area contributed by atoms with Crippen LogP contribution < -0.4 is 4.74 Å². The van der Waals surface area contributed by atoms with Gasteiger partial charge in [0.1, 0.15) is 23.5 Å². The van der Waals surface area contributed by atoms with Gasteiger partial charge >= 0.3 is 0 Å². The smallest absolute Gasteiger partial charge is 0.178 e. The Bertz CT molecular complexity index is 1070. The van der Waals surface area contributed by atoms with Gasteiger partial charge in [-0.25, -0.2) is 19.9 Å². The van der Waals surface area contributed by atoms with Gasteiger partial charge in [0.2, 0.25) is 0 Å². The minimum atomic E-state index is 0.152. The second kappa shape index (κ2) is 7.21. The van der Waals surface area contributed by atoms with Crippen LogP contribution in [0.4, 0.5) is 0 Å². The third-order valence-corrected chi connectivity index (χ3v) is 4.16. The number of phenolic OH excluding ortho intramolecular Hbond substituents is 1. The Balaban J connectivity index is 1.91. The lowest BCUT2D eigenvalue weighted by atomic mass is 10.00. The molecule has 0 amide bonds. The van der Waals surface area contributed by atoms with E-state index in [2.05, 4.69) is 15.0 Å². The third kappa shape index (κ3) is 3.32. The molecule has 6 nitrogen and oxygen atoms in total. The molecule has 0 aliphatic heterocycles. The first-order chi connectivity index (χ1) is 13.3. The molecule has 6 heteroatoms. The molecule has 0 spiro atoms. The molecule has 0 aliphatic rings. The second-order valence-electron chi connectivity index (χ2n) is 5.80. The van der Waals surface area contributed by atoms with E-state index in [1.165, 1.54) is 6.33 Å². The van der Waals surface area contributed by atoms with Gasteiger partial charge in [0, 0.05) is 23.5 Å². The summed E-state index contributed by atoms with van der Waals surface area (Å²) in [5, 5.41) is 10.4. The largest absolute Gasteiger partial charge is 0.507 e. The lowest BCUT2D eigenvalue weighted by molar-refractivity contribution is 0.415. The summed E-state index contributed by atoms with van der Waals surface area (Å²) in [5.41, 5.74) is 3.59. The predicted octanol–water partition coefficient (Wildman–Crippen LogP) is 3.98. The number of phenols is 1. The molecule has 0 aliphatic carbocycles. The molecule has 4 rings (SSSR count). The van der Waals surface area contributed by atoms with Gasteiger partial charge < -0.3 is 9.84 Å². The van der Waals surface area contributed by atoms with Crippen LogP contribution in [-0.4, -0.2) is 32.2 Å². The van der Waals surface area contributed by atoms with Crippen LogP contribution in [0.5, 0.6) is 11.5 Å². The first-order valence-electron chi connectivity index (χ1n) is 8.32. The Hall–Kier alpha value is -3.80. The molecule has 0 atom stereocenters. The number of aromatic nitrogens is 4. The molecule has 1 N–H and O–H groups in total. The van der Waals surface area contributed by atoms with Gasteiger partial charge in [-0.2, -0.15) is 0 Å². The SMILES string of the molecule is COc1ccc(-c2cnc(-c3ccncn3)nc2-c2ccccc2O)cc1. The lowest BCUT2D eigenvalue weighted by Gasteiger charge is -2.12. The van der Waals surface area contributed by atoms with Crippen molar-refractivity contribution in [3.05, 3.63) is 73.3 Å². The van der Waals surface area contributed by atoms with Gasteiger partial charge in [-0.15, -0.1) is 0 Å². The molecule has 2 heterocycles. The summed E-state index contributed by atoms with van der Waals surface area (Å²) in [5.74, 6) is 1.38. The van der Waals surface area contributed by atoms with Crippen LogP contribution in [-0.2, 0) is 0 Å². The summed E-state index contributed by atoms with van der Waals surface area (Å²) in [6, 6.07) is 16.5. The van der Waals surface area contributed by atoms with Crippen molar-refractivity contribution in [3.8, 4) is 45.4 Å². The lowest BCUT2D eigenvalue weighted by Crippen LogP contribution is -1.97. The highest BCUT2D eigenvalue weighted by Gasteiger charge is 2.15. The van der Waals surface area contributed by atoms with Crippen molar-refractivity contribution < 1.29 is 9.84 Å². The van der Waals surface area contributed by atoms with E-state index in [0.29, 0.717) is 22.8 Å². The monoisotopic (exact) mass is 356 g/mol. The van der Waals surface area contributed by atoms with Crippen LogP contribution in [0.1, 0.15) is 0 Å². The maximum absolute atomic E-state index is 10.4. The molecule has 0 radical (unpaired) electrons. The topological polar surface area (TPSA) is 81.0 Å². The summed E-state index contributed by atoms with van der Waals surface area (Å²) in [4.78, 5) is 17.3. The first-order valence-corrected chi connectivity index (χ1v) is 8.32. The molecule has 0 bridgehead atoms. The number of benzene rings is 2. The fourth-order valence-corrected chi connectivity index (χ4v) is 2.79. The third-order valence-electron chi connectivity index (χ3n) is 4.16. The quantitative estimate of drug-likeness (QED) is 0.596. The van der Waals surface area contributed by atoms with Crippen molar-refractivity contribution in [2.75, 3.05) is 7.11 Å². The molecule has 2 aromatic heterocycles. The predicted molar refractivity (Wildman–Crippen MR) is 102 cm³/mol. The van der Waals surface area contributed by atoms with Crippen molar-refractivity contribution in [2.45, 2.75) is 0 Å². The van der Waals surface area contributed by atoms with Crippen LogP contribution in [0.15, 0.2) is 73.3 Å². The van der Waals surface area contributed by atoms with E-state index >= 15 is 0 Å². The summed E-state index contributed by atoms with van der Waals surface area (Å²) in [6.07, 6.45) is 4.84. The van der Waals surface area contributed by atoms with E-state index in [4.69, 9.17) is 9.72 Å². The number of hydrogen-bond donors (Lipinski definition) is 1. The fourth-order valence-electron chi connectivity index (χ4n) is 2.79. The minimum Gasteiger partial charge on any atom is -0.507 e. The van der Waals surface area contributed by atoms with Gasteiger partial charge in [-0.1, -0.05) is 24.3 Å². The van der Waals surface area contributed by atoms with E-state index in [0.717, 1.165) is 16.9 Å². The van der Waals surface area contributed by atoms with Gasteiger partial charge in [0.05, 0.1) is 12.8 Å². The average molecular weight is 356 g/mol.